The monoisotopic (exact) mass is 261 g/mol. The van der Waals surface area contributed by atoms with E-state index in [0.29, 0.717) is 0 Å². The number of nitrogens with one attached hydrogen (secondary N) is 1. The molecule has 1 aliphatic carbocycles. The number of rotatable bonds is 6. The molecular weight excluding hydrogens is 234 g/mol. The molecular formula is C16H27N3. The highest BCUT2D eigenvalue weighted by Gasteiger charge is 2.24. The summed E-state index contributed by atoms with van der Waals surface area (Å²) in [5, 5.41) is 3.56. The molecule has 1 aliphatic rings. The molecule has 19 heavy (non-hydrogen) atoms. The van der Waals surface area contributed by atoms with Crippen LogP contribution < -0.4 is 10.2 Å². The Morgan fingerprint density at radius 1 is 1.37 bits per heavy atom. The van der Waals surface area contributed by atoms with Gasteiger partial charge in [-0.2, -0.15) is 0 Å². The molecule has 0 saturated heterocycles. The third-order valence-electron chi connectivity index (χ3n) is 3.58. The third kappa shape index (κ3) is 4.50. The zero-order chi connectivity index (χ0) is 13.9. The number of hydrogen-bond acceptors (Lipinski definition) is 3. The Hall–Kier alpha value is -1.09. The first kappa shape index (κ1) is 14.3. The summed E-state index contributed by atoms with van der Waals surface area (Å²) < 4.78 is 0. The number of hydrogen-bond donors (Lipinski definition) is 1. The Bertz CT molecular complexity index is 405. The molecule has 3 nitrogen and oxygen atoms in total. The van der Waals surface area contributed by atoms with Crippen molar-refractivity contribution in [3.63, 3.8) is 0 Å². The predicted molar refractivity (Wildman–Crippen MR) is 81.4 cm³/mol. The molecule has 3 heteroatoms. The van der Waals surface area contributed by atoms with Gasteiger partial charge in [-0.25, -0.2) is 0 Å². The van der Waals surface area contributed by atoms with Crippen molar-refractivity contribution in [3.8, 4) is 0 Å². The van der Waals surface area contributed by atoms with Crippen molar-refractivity contribution in [1.82, 2.24) is 10.3 Å². The van der Waals surface area contributed by atoms with Gasteiger partial charge in [-0.1, -0.05) is 0 Å². The van der Waals surface area contributed by atoms with Gasteiger partial charge in [0.25, 0.3) is 0 Å². The topological polar surface area (TPSA) is 28.2 Å². The van der Waals surface area contributed by atoms with Gasteiger partial charge in [0, 0.05) is 48.8 Å². The first-order chi connectivity index (χ1) is 8.99. The van der Waals surface area contributed by atoms with Gasteiger partial charge in [-0.15, -0.1) is 0 Å². The zero-order valence-corrected chi connectivity index (χ0v) is 12.7. The van der Waals surface area contributed by atoms with Crippen LogP contribution in [-0.2, 0) is 6.54 Å². The molecule has 1 fully saturated rings. The van der Waals surface area contributed by atoms with Crippen molar-refractivity contribution in [1.29, 1.82) is 0 Å². The van der Waals surface area contributed by atoms with E-state index in [1.165, 1.54) is 30.6 Å². The van der Waals surface area contributed by atoms with Gasteiger partial charge in [0.2, 0.25) is 0 Å². The summed E-state index contributed by atoms with van der Waals surface area (Å²) in [6.07, 6.45) is 6.71. The van der Waals surface area contributed by atoms with E-state index in [4.69, 9.17) is 0 Å². The molecule has 1 heterocycles. The summed E-state index contributed by atoms with van der Waals surface area (Å²) in [4.78, 5) is 6.79. The Kier molecular flexibility index (Phi) is 4.46. The Morgan fingerprint density at radius 2 is 2.11 bits per heavy atom. The summed E-state index contributed by atoms with van der Waals surface area (Å²) in [6.45, 7) is 12.0. The standard InChI is InChI=1S/C16H27N3/c1-5-19(12-13-6-7-13)15-8-9-17-10-14(15)11-18-16(2,3)4/h8-10,13,18H,5-7,11-12H2,1-4H3. The second-order valence-electron chi connectivity index (χ2n) is 6.59. The molecule has 2 rings (SSSR count). The molecule has 0 atom stereocenters. The normalized spacial score (nSPS) is 15.6. The molecule has 0 unspecified atom stereocenters. The van der Waals surface area contributed by atoms with Crippen molar-refractivity contribution in [3.05, 3.63) is 24.0 Å². The average molecular weight is 261 g/mol. The van der Waals surface area contributed by atoms with Crippen LogP contribution in [0.15, 0.2) is 18.5 Å². The molecule has 106 valence electrons. The highest BCUT2D eigenvalue weighted by molar-refractivity contribution is 5.52. The van der Waals surface area contributed by atoms with Crippen LogP contribution in [0.2, 0.25) is 0 Å². The minimum absolute atomic E-state index is 0.140. The largest absolute Gasteiger partial charge is 0.371 e. The molecule has 0 spiro atoms. The summed E-state index contributed by atoms with van der Waals surface area (Å²) >= 11 is 0. The molecule has 0 radical (unpaired) electrons. The fraction of sp³-hybridized carbons (Fsp3) is 0.688. The van der Waals surface area contributed by atoms with Crippen molar-refractivity contribution in [2.24, 2.45) is 5.92 Å². The minimum Gasteiger partial charge on any atom is -0.371 e. The van der Waals surface area contributed by atoms with Gasteiger partial charge in [0.1, 0.15) is 0 Å². The molecule has 1 aromatic rings. The fourth-order valence-corrected chi connectivity index (χ4v) is 2.23. The highest BCUT2D eigenvalue weighted by Crippen LogP contribution is 2.32. The molecule has 1 aromatic heterocycles. The Labute approximate surface area is 117 Å². The lowest BCUT2D eigenvalue weighted by molar-refractivity contribution is 0.424. The molecule has 0 amide bonds. The van der Waals surface area contributed by atoms with Crippen LogP contribution in [0, 0.1) is 5.92 Å². The van der Waals surface area contributed by atoms with Crippen LogP contribution in [0.5, 0.6) is 0 Å². The maximum atomic E-state index is 4.29. The zero-order valence-electron chi connectivity index (χ0n) is 12.7. The maximum absolute atomic E-state index is 4.29. The van der Waals surface area contributed by atoms with Gasteiger partial charge in [-0.3, -0.25) is 4.98 Å². The van der Waals surface area contributed by atoms with E-state index in [-0.39, 0.29) is 5.54 Å². The molecule has 1 N–H and O–H groups in total. The minimum atomic E-state index is 0.140. The second-order valence-corrected chi connectivity index (χ2v) is 6.59. The van der Waals surface area contributed by atoms with Gasteiger partial charge < -0.3 is 10.2 Å². The smallest absolute Gasteiger partial charge is 0.0442 e. The lowest BCUT2D eigenvalue weighted by Gasteiger charge is -2.27. The quantitative estimate of drug-likeness (QED) is 0.852. The molecule has 0 bridgehead atoms. The van der Waals surface area contributed by atoms with Crippen molar-refractivity contribution in [2.45, 2.75) is 52.6 Å². The molecule has 0 aromatic carbocycles. The number of anilines is 1. The van der Waals surface area contributed by atoms with E-state index in [1.54, 1.807) is 0 Å². The fourth-order valence-electron chi connectivity index (χ4n) is 2.23. The van der Waals surface area contributed by atoms with Crippen LogP contribution in [0.3, 0.4) is 0 Å². The number of aromatic nitrogens is 1. The van der Waals surface area contributed by atoms with E-state index >= 15 is 0 Å². The molecule has 0 aliphatic heterocycles. The average Bonchev–Trinajstić information content (AvgIpc) is 3.17. The third-order valence-corrected chi connectivity index (χ3v) is 3.58. The van der Waals surface area contributed by atoms with Crippen LogP contribution in [0.4, 0.5) is 5.69 Å². The second kappa shape index (κ2) is 5.91. The number of pyridine rings is 1. The first-order valence-corrected chi connectivity index (χ1v) is 7.42. The summed E-state index contributed by atoms with van der Waals surface area (Å²) in [5.41, 5.74) is 2.79. The van der Waals surface area contributed by atoms with Crippen molar-refractivity contribution in [2.75, 3.05) is 18.0 Å². The van der Waals surface area contributed by atoms with E-state index in [9.17, 15) is 0 Å². The Morgan fingerprint density at radius 3 is 2.68 bits per heavy atom. The predicted octanol–water partition coefficient (Wildman–Crippen LogP) is 3.21. The van der Waals surface area contributed by atoms with E-state index in [0.717, 1.165) is 19.0 Å². The van der Waals surface area contributed by atoms with Gasteiger partial charge in [-0.05, 0) is 52.5 Å². The summed E-state index contributed by atoms with van der Waals surface area (Å²) in [7, 11) is 0. The van der Waals surface area contributed by atoms with Crippen LogP contribution in [0.1, 0.15) is 46.1 Å². The van der Waals surface area contributed by atoms with E-state index in [1.807, 2.05) is 12.4 Å². The highest BCUT2D eigenvalue weighted by atomic mass is 15.1. The SMILES string of the molecule is CCN(CC1CC1)c1ccncc1CNC(C)(C)C. The van der Waals surface area contributed by atoms with Gasteiger partial charge >= 0.3 is 0 Å². The van der Waals surface area contributed by atoms with Crippen LogP contribution in [0.25, 0.3) is 0 Å². The number of nitrogens with zero attached hydrogens (tertiary/aromatic N) is 2. The Balaban J connectivity index is 2.09. The van der Waals surface area contributed by atoms with Crippen LogP contribution >= 0.6 is 0 Å². The lowest BCUT2D eigenvalue weighted by Crippen LogP contribution is -2.36. The van der Waals surface area contributed by atoms with E-state index < -0.39 is 0 Å². The van der Waals surface area contributed by atoms with Crippen molar-refractivity contribution < 1.29 is 0 Å². The van der Waals surface area contributed by atoms with Gasteiger partial charge in [0.05, 0.1) is 0 Å². The van der Waals surface area contributed by atoms with Crippen LogP contribution in [-0.4, -0.2) is 23.6 Å². The van der Waals surface area contributed by atoms with Crippen molar-refractivity contribution >= 4 is 5.69 Å². The first-order valence-electron chi connectivity index (χ1n) is 7.42. The summed E-state index contributed by atoms with van der Waals surface area (Å²) in [5.74, 6) is 0.913. The van der Waals surface area contributed by atoms with E-state index in [2.05, 4.69) is 49.0 Å². The molecule has 1 saturated carbocycles. The maximum Gasteiger partial charge on any atom is 0.0442 e. The summed E-state index contributed by atoms with van der Waals surface area (Å²) in [6, 6.07) is 2.16. The van der Waals surface area contributed by atoms with Gasteiger partial charge in [0.15, 0.2) is 0 Å². The lowest BCUT2D eigenvalue weighted by atomic mass is 10.1.